The number of esters is 1. The van der Waals surface area contributed by atoms with Gasteiger partial charge in [0, 0.05) is 17.5 Å². The second-order valence-corrected chi connectivity index (χ2v) is 14.7. The summed E-state index contributed by atoms with van der Waals surface area (Å²) in [6, 6.07) is 51.7. The first kappa shape index (κ1) is 44.0. The molecule has 9 heteroatoms. The number of ketones is 1. The summed E-state index contributed by atoms with van der Waals surface area (Å²) >= 11 is 6.79. The van der Waals surface area contributed by atoms with Crippen LogP contribution >= 0.6 is 11.6 Å². The Morgan fingerprint density at radius 2 is 1.07 bits per heavy atom. The molecule has 8 nitrogen and oxygen atoms in total. The molecule has 0 saturated carbocycles. The molecule has 310 valence electrons. The number of hydrogen-bond acceptors (Lipinski definition) is 8. The Hall–Kier alpha value is -5.61. The highest BCUT2D eigenvalue weighted by atomic mass is 35.5. The molecule has 0 fully saturated rings. The predicted molar refractivity (Wildman–Crippen MR) is 233 cm³/mol. The van der Waals surface area contributed by atoms with Crippen LogP contribution < -0.4 is 4.74 Å². The lowest BCUT2D eigenvalue weighted by molar-refractivity contribution is -0.194. The quantitative estimate of drug-likeness (QED) is 0.0466. The maximum atomic E-state index is 15.2. The summed E-state index contributed by atoms with van der Waals surface area (Å²) in [6.45, 7) is 4.38. The monoisotopic (exact) mass is 826 g/mol. The number of halogens is 1. The van der Waals surface area contributed by atoms with Crippen molar-refractivity contribution in [3.05, 3.63) is 208 Å². The Kier molecular flexibility index (Phi) is 17.0. The van der Waals surface area contributed by atoms with E-state index in [9.17, 15) is 4.79 Å². The van der Waals surface area contributed by atoms with Crippen molar-refractivity contribution in [1.29, 1.82) is 0 Å². The third-order valence-electron chi connectivity index (χ3n) is 9.76. The van der Waals surface area contributed by atoms with Crippen LogP contribution in [0, 0.1) is 0 Å². The fraction of sp³-hybridized carbons (Fsp3) is 0.255. The van der Waals surface area contributed by atoms with Crippen molar-refractivity contribution in [1.82, 2.24) is 0 Å². The molecule has 0 radical (unpaired) electrons. The zero-order valence-electron chi connectivity index (χ0n) is 34.0. The van der Waals surface area contributed by atoms with Gasteiger partial charge >= 0.3 is 5.97 Å². The van der Waals surface area contributed by atoms with Crippen molar-refractivity contribution in [3.8, 4) is 5.75 Å². The molecule has 0 heterocycles. The Labute approximate surface area is 357 Å². The minimum atomic E-state index is -1.25. The fourth-order valence-corrected chi connectivity index (χ4v) is 6.96. The molecule has 0 N–H and O–H groups in total. The van der Waals surface area contributed by atoms with E-state index in [0.717, 1.165) is 39.1 Å². The summed E-state index contributed by atoms with van der Waals surface area (Å²) in [7, 11) is 0. The third kappa shape index (κ3) is 13.5. The van der Waals surface area contributed by atoms with Gasteiger partial charge in [0.25, 0.3) is 0 Å². The van der Waals surface area contributed by atoms with Crippen LogP contribution in [-0.4, -0.2) is 49.4 Å². The van der Waals surface area contributed by atoms with Gasteiger partial charge < -0.3 is 28.4 Å². The lowest BCUT2D eigenvalue weighted by atomic mass is 9.93. The van der Waals surface area contributed by atoms with E-state index in [0.29, 0.717) is 23.6 Å². The second-order valence-electron chi connectivity index (χ2n) is 14.3. The largest absolute Gasteiger partial charge is 0.494 e. The van der Waals surface area contributed by atoms with Crippen LogP contribution in [0.15, 0.2) is 164 Å². The number of ether oxygens (including phenoxy) is 6. The predicted octanol–water partition coefficient (Wildman–Crippen LogP) is 10.4. The van der Waals surface area contributed by atoms with Gasteiger partial charge in [0.1, 0.15) is 24.1 Å². The van der Waals surface area contributed by atoms with Gasteiger partial charge in [-0.2, -0.15) is 0 Å². The molecular formula is C51H51ClO8. The van der Waals surface area contributed by atoms with E-state index in [1.165, 1.54) is 6.92 Å². The van der Waals surface area contributed by atoms with E-state index in [1.54, 1.807) is 18.2 Å². The first-order valence-electron chi connectivity index (χ1n) is 20.2. The van der Waals surface area contributed by atoms with E-state index < -0.39 is 30.4 Å². The van der Waals surface area contributed by atoms with Gasteiger partial charge in [0.2, 0.25) is 0 Å². The molecule has 0 bridgehead atoms. The molecule has 0 saturated heterocycles. The van der Waals surface area contributed by atoms with Gasteiger partial charge in [-0.05, 0) is 77.1 Å². The van der Waals surface area contributed by atoms with Gasteiger partial charge in [-0.25, -0.2) is 0 Å². The molecule has 0 aromatic heterocycles. The van der Waals surface area contributed by atoms with Crippen LogP contribution in [-0.2, 0) is 61.3 Å². The first-order valence-corrected chi connectivity index (χ1v) is 20.5. The summed E-state index contributed by atoms with van der Waals surface area (Å²) in [5, 5.41) is 0.522. The van der Waals surface area contributed by atoms with Gasteiger partial charge in [-0.1, -0.05) is 145 Å². The normalized spacial score (nSPS) is 13.2. The highest BCUT2D eigenvalue weighted by molar-refractivity contribution is 6.31. The van der Waals surface area contributed by atoms with E-state index in [4.69, 9.17) is 40.0 Å². The van der Waals surface area contributed by atoms with Crippen molar-refractivity contribution >= 4 is 23.4 Å². The summed E-state index contributed by atoms with van der Waals surface area (Å²) in [5.41, 5.74) is 5.68. The standard InChI is InChI=1S/C51H51ClO8/c1-3-56-45-27-24-38(25-28-45)30-44-31-43(26-29-46(44)52)48(54)50(58-34-41-20-12-6-13-21-41)51(59-35-42-22-14-7-15-23-42)49(57-33-40-18-10-5-11-19-40)47(60-37(2)53)36-55-32-39-16-8-4-9-17-39/h4-29,31,47,49-51H,3,30,32-36H2,1-2H3/t47-,49-,50+,51+/m1/s1. The Morgan fingerprint density at radius 1 is 0.567 bits per heavy atom. The van der Waals surface area contributed by atoms with Crippen molar-refractivity contribution < 1.29 is 38.0 Å². The lowest BCUT2D eigenvalue weighted by Crippen LogP contribution is -2.53. The number of hydrogen-bond donors (Lipinski definition) is 0. The smallest absolute Gasteiger partial charge is 0.303 e. The lowest BCUT2D eigenvalue weighted by Gasteiger charge is -2.37. The van der Waals surface area contributed by atoms with E-state index in [-0.39, 0.29) is 38.8 Å². The van der Waals surface area contributed by atoms with Crippen LogP contribution in [0.1, 0.15) is 57.6 Å². The molecular weight excluding hydrogens is 776 g/mol. The molecule has 4 atom stereocenters. The molecule has 0 amide bonds. The van der Waals surface area contributed by atoms with Crippen molar-refractivity contribution in [2.24, 2.45) is 0 Å². The summed E-state index contributed by atoms with van der Waals surface area (Å²) in [6.07, 6.45) is -3.94. The summed E-state index contributed by atoms with van der Waals surface area (Å²) in [5.74, 6) is -0.116. The minimum absolute atomic E-state index is 0.0497. The van der Waals surface area contributed by atoms with Gasteiger partial charge in [0.05, 0.1) is 39.6 Å². The van der Waals surface area contributed by atoms with Crippen LogP contribution in [0.25, 0.3) is 0 Å². The molecule has 0 spiro atoms. The molecule has 6 aromatic carbocycles. The van der Waals surface area contributed by atoms with E-state index in [2.05, 4.69) is 0 Å². The average molecular weight is 827 g/mol. The van der Waals surface area contributed by atoms with Crippen LogP contribution in [0.5, 0.6) is 5.75 Å². The summed E-state index contributed by atoms with van der Waals surface area (Å²) in [4.78, 5) is 28.1. The van der Waals surface area contributed by atoms with Crippen LogP contribution in [0.4, 0.5) is 0 Å². The molecule has 0 unspecified atom stereocenters. The molecule has 6 aromatic rings. The van der Waals surface area contributed by atoms with E-state index >= 15 is 4.79 Å². The minimum Gasteiger partial charge on any atom is -0.494 e. The highest BCUT2D eigenvalue weighted by Gasteiger charge is 2.43. The van der Waals surface area contributed by atoms with Crippen LogP contribution in [0.2, 0.25) is 5.02 Å². The fourth-order valence-electron chi connectivity index (χ4n) is 6.78. The topological polar surface area (TPSA) is 89.5 Å². The molecule has 0 aliphatic carbocycles. The molecule has 60 heavy (non-hydrogen) atoms. The van der Waals surface area contributed by atoms with Gasteiger partial charge in [-0.15, -0.1) is 0 Å². The molecule has 0 aliphatic heterocycles. The number of carbonyl (C=O) groups is 2. The van der Waals surface area contributed by atoms with Crippen molar-refractivity contribution in [3.63, 3.8) is 0 Å². The number of carbonyl (C=O) groups excluding carboxylic acids is 2. The average Bonchev–Trinajstić information content (AvgIpc) is 3.28. The van der Waals surface area contributed by atoms with Crippen molar-refractivity contribution in [2.75, 3.05) is 13.2 Å². The van der Waals surface area contributed by atoms with E-state index in [1.807, 2.05) is 153 Å². The Morgan fingerprint density at radius 3 is 1.58 bits per heavy atom. The third-order valence-corrected chi connectivity index (χ3v) is 10.1. The zero-order valence-corrected chi connectivity index (χ0v) is 34.7. The Balaban J connectivity index is 1.41. The second kappa shape index (κ2) is 23.3. The number of rotatable bonds is 23. The SMILES string of the molecule is CCOc1ccc(Cc2cc(C(=O)[C@H](OCc3ccccc3)[C@@H](OCc3ccccc3)[C@H](OCc3ccccc3)[C@@H](COCc3ccccc3)OC(C)=O)ccc2Cl)cc1. The van der Waals surface area contributed by atoms with Gasteiger partial charge in [0.15, 0.2) is 11.9 Å². The highest BCUT2D eigenvalue weighted by Crippen LogP contribution is 2.28. The maximum Gasteiger partial charge on any atom is 0.303 e. The summed E-state index contributed by atoms with van der Waals surface area (Å²) < 4.78 is 38.2. The maximum absolute atomic E-state index is 15.2. The number of benzene rings is 6. The molecule has 0 aliphatic rings. The Bertz CT molecular complexity index is 2180. The zero-order chi connectivity index (χ0) is 41.9. The van der Waals surface area contributed by atoms with Crippen LogP contribution in [0.3, 0.4) is 0 Å². The molecule has 6 rings (SSSR count). The van der Waals surface area contributed by atoms with Gasteiger partial charge in [-0.3, -0.25) is 9.59 Å². The number of Topliss-reactive ketones (excluding diaryl/α,β-unsaturated/α-hetero) is 1. The van der Waals surface area contributed by atoms with Crippen molar-refractivity contribution in [2.45, 2.75) is 71.1 Å². The first-order chi connectivity index (χ1) is 29.4.